The molecule has 0 amide bonds. The first-order valence-corrected chi connectivity index (χ1v) is 10.7. The third-order valence-corrected chi connectivity index (χ3v) is 5.56. The SMILES string of the molecule is CN=C(NCc1ccn(-c2ccccc2)n1)NC1CCN(c2cc(OC)cc(OC)c2)C1.I. The van der Waals surface area contributed by atoms with E-state index in [-0.39, 0.29) is 24.0 Å². The molecule has 1 saturated heterocycles. The molecule has 1 aromatic heterocycles. The predicted octanol–water partition coefficient (Wildman–Crippen LogP) is 3.45. The Kier molecular flexibility index (Phi) is 8.81. The van der Waals surface area contributed by atoms with Crippen LogP contribution in [0.25, 0.3) is 5.69 Å². The summed E-state index contributed by atoms with van der Waals surface area (Å²) in [4.78, 5) is 6.72. The van der Waals surface area contributed by atoms with Gasteiger partial charge in [-0.1, -0.05) is 18.2 Å². The normalized spacial score (nSPS) is 15.7. The van der Waals surface area contributed by atoms with Crippen molar-refractivity contribution in [3.8, 4) is 17.2 Å². The summed E-state index contributed by atoms with van der Waals surface area (Å²) in [6.45, 7) is 2.43. The molecule has 1 aliphatic heterocycles. The summed E-state index contributed by atoms with van der Waals surface area (Å²) >= 11 is 0. The molecule has 2 aromatic carbocycles. The van der Waals surface area contributed by atoms with Crippen LogP contribution in [0.3, 0.4) is 0 Å². The van der Waals surface area contributed by atoms with Gasteiger partial charge in [-0.25, -0.2) is 4.68 Å². The minimum Gasteiger partial charge on any atom is -0.497 e. The van der Waals surface area contributed by atoms with Crippen LogP contribution in [-0.4, -0.2) is 56.1 Å². The van der Waals surface area contributed by atoms with Gasteiger partial charge >= 0.3 is 0 Å². The standard InChI is InChI=1S/C24H30N6O2.HI/c1-25-24(26-16-18-10-12-30(28-18)20-7-5-4-6-8-20)27-19-9-11-29(17-19)21-13-22(31-2)15-23(14-21)32-3;/h4-8,10,12-15,19H,9,11,16-17H2,1-3H3,(H2,25,26,27);1H. The van der Waals surface area contributed by atoms with Gasteiger partial charge in [0.25, 0.3) is 0 Å². The van der Waals surface area contributed by atoms with Gasteiger partial charge in [0.1, 0.15) is 11.5 Å². The molecule has 8 nitrogen and oxygen atoms in total. The van der Waals surface area contributed by atoms with E-state index in [1.165, 1.54) is 0 Å². The number of nitrogens with zero attached hydrogens (tertiary/aromatic N) is 4. The number of hydrogen-bond donors (Lipinski definition) is 2. The van der Waals surface area contributed by atoms with Crippen molar-refractivity contribution in [1.29, 1.82) is 0 Å². The lowest BCUT2D eigenvalue weighted by molar-refractivity contribution is 0.394. The van der Waals surface area contributed by atoms with E-state index in [4.69, 9.17) is 9.47 Å². The Hall–Kier alpha value is -2.95. The first-order valence-electron chi connectivity index (χ1n) is 10.7. The maximum absolute atomic E-state index is 5.41. The number of para-hydroxylation sites is 1. The molecule has 4 rings (SSSR count). The maximum atomic E-state index is 5.41. The van der Waals surface area contributed by atoms with Gasteiger partial charge in [0, 0.05) is 56.3 Å². The van der Waals surface area contributed by atoms with Crippen molar-refractivity contribution in [2.75, 3.05) is 39.3 Å². The lowest BCUT2D eigenvalue weighted by atomic mass is 10.2. The molecule has 1 atom stereocenters. The lowest BCUT2D eigenvalue weighted by Crippen LogP contribution is -2.44. The molecule has 2 heterocycles. The average Bonchev–Trinajstić information content (AvgIpc) is 3.52. The third-order valence-electron chi connectivity index (χ3n) is 5.56. The third kappa shape index (κ3) is 6.31. The molecule has 2 N–H and O–H groups in total. The van der Waals surface area contributed by atoms with E-state index < -0.39 is 0 Å². The van der Waals surface area contributed by atoms with E-state index in [1.54, 1.807) is 21.3 Å². The minimum absolute atomic E-state index is 0. The van der Waals surface area contributed by atoms with Gasteiger partial charge in [-0.3, -0.25) is 4.99 Å². The predicted molar refractivity (Wildman–Crippen MR) is 142 cm³/mol. The number of methoxy groups -OCH3 is 2. The minimum atomic E-state index is 0. The largest absolute Gasteiger partial charge is 0.497 e. The number of rotatable bonds is 7. The summed E-state index contributed by atoms with van der Waals surface area (Å²) < 4.78 is 12.7. The number of aliphatic imine (C=N–C) groups is 1. The quantitative estimate of drug-likeness (QED) is 0.261. The van der Waals surface area contributed by atoms with Gasteiger partial charge < -0.3 is 25.0 Å². The molecule has 0 radical (unpaired) electrons. The van der Waals surface area contributed by atoms with Crippen LogP contribution >= 0.6 is 24.0 Å². The topological polar surface area (TPSA) is 75.9 Å². The smallest absolute Gasteiger partial charge is 0.191 e. The van der Waals surface area contributed by atoms with Gasteiger partial charge in [-0.15, -0.1) is 24.0 Å². The number of guanidine groups is 1. The Morgan fingerprint density at radius 3 is 2.45 bits per heavy atom. The highest BCUT2D eigenvalue weighted by molar-refractivity contribution is 14.0. The molecule has 0 aliphatic carbocycles. The van der Waals surface area contributed by atoms with Crippen molar-refractivity contribution < 1.29 is 9.47 Å². The van der Waals surface area contributed by atoms with Crippen LogP contribution in [0.15, 0.2) is 65.8 Å². The Balaban J connectivity index is 0.00000306. The molecular formula is C24H31IN6O2. The fraction of sp³-hybridized carbons (Fsp3) is 0.333. The number of nitrogens with one attached hydrogen (secondary N) is 2. The Bertz CT molecular complexity index is 1030. The number of aromatic nitrogens is 2. The second kappa shape index (κ2) is 11.8. The highest BCUT2D eigenvalue weighted by Gasteiger charge is 2.24. The summed E-state index contributed by atoms with van der Waals surface area (Å²) in [7, 11) is 5.13. The molecule has 1 unspecified atom stereocenters. The molecule has 0 bridgehead atoms. The summed E-state index contributed by atoms with van der Waals surface area (Å²) in [5.74, 6) is 2.36. The Labute approximate surface area is 212 Å². The second-order valence-corrected chi connectivity index (χ2v) is 7.66. The molecule has 176 valence electrons. The van der Waals surface area contributed by atoms with Crippen LogP contribution in [0.5, 0.6) is 11.5 Å². The van der Waals surface area contributed by atoms with Crippen molar-refractivity contribution in [2.24, 2.45) is 4.99 Å². The van der Waals surface area contributed by atoms with Gasteiger partial charge in [0.2, 0.25) is 0 Å². The van der Waals surface area contributed by atoms with Crippen LogP contribution in [0, 0.1) is 0 Å². The zero-order valence-corrected chi connectivity index (χ0v) is 21.5. The monoisotopic (exact) mass is 562 g/mol. The molecule has 1 aliphatic rings. The molecule has 3 aromatic rings. The maximum Gasteiger partial charge on any atom is 0.191 e. The first-order chi connectivity index (χ1) is 15.7. The summed E-state index contributed by atoms with van der Waals surface area (Å²) in [5, 5.41) is 11.5. The number of benzene rings is 2. The second-order valence-electron chi connectivity index (χ2n) is 7.66. The van der Waals surface area contributed by atoms with Crippen molar-refractivity contribution >= 4 is 35.6 Å². The van der Waals surface area contributed by atoms with Crippen molar-refractivity contribution in [3.63, 3.8) is 0 Å². The van der Waals surface area contributed by atoms with Crippen LogP contribution in [0.1, 0.15) is 12.1 Å². The zero-order valence-electron chi connectivity index (χ0n) is 19.2. The summed E-state index contributed by atoms with van der Waals surface area (Å²) in [5.41, 5.74) is 3.09. The highest BCUT2D eigenvalue weighted by Crippen LogP contribution is 2.30. The van der Waals surface area contributed by atoms with Crippen molar-refractivity contribution in [3.05, 3.63) is 66.5 Å². The molecule has 0 saturated carbocycles. The number of hydrogen-bond acceptors (Lipinski definition) is 5. The van der Waals surface area contributed by atoms with Crippen LogP contribution in [0.4, 0.5) is 5.69 Å². The van der Waals surface area contributed by atoms with Crippen LogP contribution in [0.2, 0.25) is 0 Å². The molecular weight excluding hydrogens is 531 g/mol. The van der Waals surface area contributed by atoms with E-state index in [2.05, 4.69) is 25.6 Å². The molecule has 0 spiro atoms. The molecule has 9 heteroatoms. The fourth-order valence-corrected chi connectivity index (χ4v) is 3.83. The first kappa shape index (κ1) is 24.7. The van der Waals surface area contributed by atoms with Gasteiger partial charge in [0.05, 0.1) is 32.1 Å². The van der Waals surface area contributed by atoms with E-state index in [0.717, 1.165) is 54.0 Å². The van der Waals surface area contributed by atoms with Gasteiger partial charge in [-0.2, -0.15) is 5.10 Å². The number of ether oxygens (including phenoxy) is 2. The van der Waals surface area contributed by atoms with Gasteiger partial charge in [-0.05, 0) is 24.6 Å². The highest BCUT2D eigenvalue weighted by atomic mass is 127. The van der Waals surface area contributed by atoms with E-state index in [1.807, 2.05) is 65.5 Å². The Morgan fingerprint density at radius 2 is 1.79 bits per heavy atom. The van der Waals surface area contributed by atoms with Crippen LogP contribution < -0.4 is 25.0 Å². The summed E-state index contributed by atoms with van der Waals surface area (Å²) in [6, 6.07) is 18.4. The zero-order chi connectivity index (χ0) is 22.3. The van der Waals surface area contributed by atoms with Gasteiger partial charge in [0.15, 0.2) is 5.96 Å². The molecule has 1 fully saturated rings. The van der Waals surface area contributed by atoms with Crippen molar-refractivity contribution in [1.82, 2.24) is 20.4 Å². The van der Waals surface area contributed by atoms with E-state index >= 15 is 0 Å². The summed E-state index contributed by atoms with van der Waals surface area (Å²) in [6.07, 6.45) is 2.99. The Morgan fingerprint density at radius 1 is 1.06 bits per heavy atom. The average molecular weight is 562 g/mol. The number of anilines is 1. The van der Waals surface area contributed by atoms with E-state index in [0.29, 0.717) is 12.6 Å². The van der Waals surface area contributed by atoms with E-state index in [9.17, 15) is 0 Å². The lowest BCUT2D eigenvalue weighted by Gasteiger charge is -2.21. The van der Waals surface area contributed by atoms with Crippen molar-refractivity contribution in [2.45, 2.75) is 19.0 Å². The van der Waals surface area contributed by atoms with Crippen LogP contribution in [-0.2, 0) is 6.54 Å². The fourth-order valence-electron chi connectivity index (χ4n) is 3.83. The molecule has 33 heavy (non-hydrogen) atoms. The number of halogens is 1.